The predicted molar refractivity (Wildman–Crippen MR) is 36.3 cm³/mol. The molecular formula is C8H8O2. The van der Waals surface area contributed by atoms with Crippen molar-refractivity contribution in [3.8, 4) is 0 Å². The van der Waals surface area contributed by atoms with Crippen molar-refractivity contribution in [1.29, 1.82) is 0 Å². The SMILES string of the molecule is O=C1CC2C=CC=C[C@H]2O1. The topological polar surface area (TPSA) is 26.3 Å². The fourth-order valence-corrected chi connectivity index (χ4v) is 1.34. The number of ether oxygens (including phenoxy) is 1. The summed E-state index contributed by atoms with van der Waals surface area (Å²) in [5.74, 6) is 0.226. The van der Waals surface area contributed by atoms with E-state index in [1.165, 1.54) is 0 Å². The van der Waals surface area contributed by atoms with Gasteiger partial charge in [-0.15, -0.1) is 0 Å². The van der Waals surface area contributed by atoms with E-state index in [0.717, 1.165) is 0 Å². The summed E-state index contributed by atoms with van der Waals surface area (Å²) >= 11 is 0. The molecule has 1 unspecified atom stereocenters. The second-order valence-electron chi connectivity index (χ2n) is 2.59. The molecule has 1 heterocycles. The van der Waals surface area contributed by atoms with Crippen LogP contribution in [-0.4, -0.2) is 12.1 Å². The number of rotatable bonds is 0. The zero-order valence-electron chi connectivity index (χ0n) is 5.49. The summed E-state index contributed by atoms with van der Waals surface area (Å²) in [5.41, 5.74) is 0. The Hall–Kier alpha value is -1.05. The first-order valence-corrected chi connectivity index (χ1v) is 3.41. The van der Waals surface area contributed by atoms with Gasteiger partial charge in [-0.05, 0) is 6.08 Å². The second kappa shape index (κ2) is 1.97. The van der Waals surface area contributed by atoms with E-state index in [-0.39, 0.29) is 12.1 Å². The van der Waals surface area contributed by atoms with Crippen LogP contribution in [0.5, 0.6) is 0 Å². The Balaban J connectivity index is 2.22. The molecule has 2 rings (SSSR count). The van der Waals surface area contributed by atoms with E-state index < -0.39 is 0 Å². The molecule has 0 aromatic rings. The van der Waals surface area contributed by atoms with Crippen molar-refractivity contribution in [2.75, 3.05) is 0 Å². The van der Waals surface area contributed by atoms with Crippen molar-refractivity contribution in [1.82, 2.24) is 0 Å². The van der Waals surface area contributed by atoms with Gasteiger partial charge in [0.2, 0.25) is 0 Å². The quantitative estimate of drug-likeness (QED) is 0.465. The molecule has 0 N–H and O–H groups in total. The first-order chi connectivity index (χ1) is 4.86. The molecule has 1 aliphatic heterocycles. The van der Waals surface area contributed by atoms with Crippen molar-refractivity contribution in [2.24, 2.45) is 5.92 Å². The van der Waals surface area contributed by atoms with Gasteiger partial charge in [0.25, 0.3) is 0 Å². The van der Waals surface area contributed by atoms with Gasteiger partial charge in [-0.2, -0.15) is 0 Å². The number of esters is 1. The van der Waals surface area contributed by atoms with Crippen LogP contribution in [0.3, 0.4) is 0 Å². The van der Waals surface area contributed by atoms with Crippen LogP contribution in [-0.2, 0) is 9.53 Å². The van der Waals surface area contributed by atoms with E-state index in [2.05, 4.69) is 0 Å². The third-order valence-corrected chi connectivity index (χ3v) is 1.86. The van der Waals surface area contributed by atoms with Gasteiger partial charge >= 0.3 is 5.97 Å². The maximum Gasteiger partial charge on any atom is 0.307 e. The molecule has 2 nitrogen and oxygen atoms in total. The lowest BCUT2D eigenvalue weighted by atomic mass is 9.97. The van der Waals surface area contributed by atoms with E-state index in [1.54, 1.807) is 0 Å². The number of hydrogen-bond acceptors (Lipinski definition) is 2. The summed E-state index contributed by atoms with van der Waals surface area (Å²) in [4.78, 5) is 10.7. The average molecular weight is 136 g/mol. The molecule has 0 amide bonds. The molecule has 0 aromatic heterocycles. The minimum atomic E-state index is -0.0776. The van der Waals surface area contributed by atoms with Gasteiger partial charge in [-0.3, -0.25) is 4.79 Å². The maximum absolute atomic E-state index is 10.7. The van der Waals surface area contributed by atoms with Crippen molar-refractivity contribution in [3.63, 3.8) is 0 Å². The summed E-state index contributed by atoms with van der Waals surface area (Å²) in [5, 5.41) is 0. The largest absolute Gasteiger partial charge is 0.457 e. The van der Waals surface area contributed by atoms with Gasteiger partial charge in [0, 0.05) is 5.92 Å². The summed E-state index contributed by atoms with van der Waals surface area (Å²) in [6.45, 7) is 0. The highest BCUT2D eigenvalue weighted by Gasteiger charge is 2.31. The van der Waals surface area contributed by atoms with Crippen molar-refractivity contribution in [2.45, 2.75) is 12.5 Å². The number of fused-ring (bicyclic) bond motifs is 1. The first kappa shape index (κ1) is 5.71. The van der Waals surface area contributed by atoms with Crippen LogP contribution in [0.1, 0.15) is 6.42 Å². The third kappa shape index (κ3) is 0.764. The summed E-state index contributed by atoms with van der Waals surface area (Å²) < 4.78 is 4.99. The fraction of sp³-hybridized carbons (Fsp3) is 0.375. The van der Waals surface area contributed by atoms with E-state index in [1.807, 2.05) is 24.3 Å². The average Bonchev–Trinajstić information content (AvgIpc) is 2.27. The van der Waals surface area contributed by atoms with Crippen LogP contribution in [0, 0.1) is 5.92 Å². The van der Waals surface area contributed by atoms with Crippen LogP contribution < -0.4 is 0 Å². The maximum atomic E-state index is 10.7. The monoisotopic (exact) mass is 136 g/mol. The lowest BCUT2D eigenvalue weighted by Crippen LogP contribution is -2.12. The van der Waals surface area contributed by atoms with Crippen molar-refractivity contribution in [3.05, 3.63) is 24.3 Å². The zero-order valence-corrected chi connectivity index (χ0v) is 5.49. The van der Waals surface area contributed by atoms with Crippen molar-refractivity contribution < 1.29 is 9.53 Å². The van der Waals surface area contributed by atoms with Gasteiger partial charge in [-0.25, -0.2) is 0 Å². The lowest BCUT2D eigenvalue weighted by Gasteiger charge is -2.11. The standard InChI is InChI=1S/C8H8O2/c9-8-5-6-3-1-2-4-7(6)10-8/h1-4,6-7H,5H2/t6?,7-/m1/s1. The van der Waals surface area contributed by atoms with Gasteiger partial charge in [-0.1, -0.05) is 18.2 Å². The molecule has 0 spiro atoms. The highest BCUT2D eigenvalue weighted by atomic mass is 16.5. The molecule has 2 heteroatoms. The predicted octanol–water partition coefficient (Wildman–Crippen LogP) is 1.04. The minimum absolute atomic E-state index is 0.0255. The van der Waals surface area contributed by atoms with Gasteiger partial charge in [0.05, 0.1) is 6.42 Å². The van der Waals surface area contributed by atoms with Crippen molar-refractivity contribution >= 4 is 5.97 Å². The molecule has 2 atom stereocenters. The molecule has 0 bridgehead atoms. The Kier molecular flexibility index (Phi) is 1.13. The first-order valence-electron chi connectivity index (χ1n) is 3.41. The van der Waals surface area contributed by atoms with E-state index in [4.69, 9.17) is 4.74 Å². The Morgan fingerprint density at radius 3 is 3.00 bits per heavy atom. The molecule has 2 aliphatic rings. The smallest absolute Gasteiger partial charge is 0.307 e. The van der Waals surface area contributed by atoms with Gasteiger partial charge in [0.1, 0.15) is 6.10 Å². The Labute approximate surface area is 59.2 Å². The number of carbonyl (C=O) groups excluding carboxylic acids is 1. The summed E-state index contributed by atoms with van der Waals surface area (Å²) in [7, 11) is 0. The Morgan fingerprint density at radius 2 is 2.20 bits per heavy atom. The number of hydrogen-bond donors (Lipinski definition) is 0. The Bertz CT molecular complexity index is 193. The molecular weight excluding hydrogens is 128 g/mol. The van der Waals surface area contributed by atoms with Gasteiger partial charge < -0.3 is 4.74 Å². The molecule has 0 saturated carbocycles. The van der Waals surface area contributed by atoms with Crippen LogP contribution >= 0.6 is 0 Å². The molecule has 1 saturated heterocycles. The number of carbonyl (C=O) groups is 1. The molecule has 0 aromatic carbocycles. The molecule has 52 valence electrons. The molecule has 10 heavy (non-hydrogen) atoms. The number of allylic oxidation sites excluding steroid dienone is 2. The minimum Gasteiger partial charge on any atom is -0.457 e. The van der Waals surface area contributed by atoms with E-state index in [0.29, 0.717) is 12.3 Å². The third-order valence-electron chi connectivity index (χ3n) is 1.86. The molecule has 1 fully saturated rings. The van der Waals surface area contributed by atoms with Crippen LogP contribution in [0.4, 0.5) is 0 Å². The highest BCUT2D eigenvalue weighted by Crippen LogP contribution is 2.26. The molecule has 1 aliphatic carbocycles. The summed E-state index contributed by atoms with van der Waals surface area (Å²) in [6.07, 6.45) is 8.40. The fourth-order valence-electron chi connectivity index (χ4n) is 1.34. The van der Waals surface area contributed by atoms with Crippen LogP contribution in [0.25, 0.3) is 0 Å². The Morgan fingerprint density at radius 1 is 1.40 bits per heavy atom. The zero-order chi connectivity index (χ0) is 6.97. The van der Waals surface area contributed by atoms with Gasteiger partial charge in [0.15, 0.2) is 0 Å². The molecule has 0 radical (unpaired) electrons. The summed E-state index contributed by atoms with van der Waals surface area (Å²) in [6, 6.07) is 0. The highest BCUT2D eigenvalue weighted by molar-refractivity contribution is 5.73. The lowest BCUT2D eigenvalue weighted by molar-refractivity contribution is -0.140. The second-order valence-corrected chi connectivity index (χ2v) is 2.59. The normalized spacial score (nSPS) is 35.8. The van der Waals surface area contributed by atoms with Crippen LogP contribution in [0.2, 0.25) is 0 Å². The van der Waals surface area contributed by atoms with E-state index >= 15 is 0 Å². The van der Waals surface area contributed by atoms with E-state index in [9.17, 15) is 4.79 Å². The van der Waals surface area contributed by atoms with Crippen LogP contribution in [0.15, 0.2) is 24.3 Å².